The smallest absolute Gasteiger partial charge is 0.181 e. The van der Waals surface area contributed by atoms with Crippen LogP contribution in [0.5, 0.6) is 0 Å². The van der Waals surface area contributed by atoms with E-state index >= 15 is 0 Å². The molecule has 0 aliphatic heterocycles. The number of aliphatic hydroxyl groups excluding tert-OH is 1. The second-order valence-electron chi connectivity index (χ2n) is 5.86. The van der Waals surface area contributed by atoms with Gasteiger partial charge in [-0.2, -0.15) is 0 Å². The number of hydrogen-bond donors (Lipinski definition) is 1. The van der Waals surface area contributed by atoms with Crippen LogP contribution in [0.3, 0.4) is 0 Å². The van der Waals surface area contributed by atoms with Gasteiger partial charge in [0.25, 0.3) is 0 Å². The summed E-state index contributed by atoms with van der Waals surface area (Å²) < 4.78 is 5.13. The normalized spacial score (nSPS) is 24.6. The zero-order valence-corrected chi connectivity index (χ0v) is 11.7. The van der Waals surface area contributed by atoms with Crippen molar-refractivity contribution in [2.24, 2.45) is 0 Å². The molecule has 2 aliphatic rings. The van der Waals surface area contributed by atoms with Crippen molar-refractivity contribution in [3.63, 3.8) is 0 Å². The maximum absolute atomic E-state index is 10.1. The van der Waals surface area contributed by atoms with Crippen LogP contribution in [0.4, 0.5) is 0 Å². The van der Waals surface area contributed by atoms with Gasteiger partial charge in [-0.05, 0) is 17.5 Å². The Balaban J connectivity index is 2.23. The highest BCUT2D eigenvalue weighted by Crippen LogP contribution is 2.54. The third-order valence-corrected chi connectivity index (χ3v) is 4.50. The van der Waals surface area contributed by atoms with E-state index in [0.29, 0.717) is 5.92 Å². The van der Waals surface area contributed by atoms with Gasteiger partial charge in [-0.1, -0.05) is 55.8 Å². The fraction of sp³-hybridized carbons (Fsp3) is 0.412. The molecular weight excluding hydrogens is 236 g/mol. The molecule has 19 heavy (non-hydrogen) atoms. The van der Waals surface area contributed by atoms with E-state index in [9.17, 15) is 5.11 Å². The number of fused-ring (bicyclic) bond motifs is 3. The van der Waals surface area contributed by atoms with Gasteiger partial charge in [-0.15, -0.1) is 0 Å². The lowest BCUT2D eigenvalue weighted by atomic mass is 9.78. The molecular formula is C17H20O2. The minimum Gasteiger partial charge on any atom is -0.364 e. The van der Waals surface area contributed by atoms with Crippen LogP contribution in [0, 0.1) is 0 Å². The van der Waals surface area contributed by atoms with Gasteiger partial charge >= 0.3 is 0 Å². The minimum absolute atomic E-state index is 0.0408. The van der Waals surface area contributed by atoms with Crippen LogP contribution in [0.1, 0.15) is 49.2 Å². The van der Waals surface area contributed by atoms with Crippen molar-refractivity contribution in [2.45, 2.75) is 37.9 Å². The Morgan fingerprint density at radius 3 is 2.89 bits per heavy atom. The van der Waals surface area contributed by atoms with Crippen LogP contribution in [0.2, 0.25) is 0 Å². The second kappa shape index (κ2) is 4.32. The van der Waals surface area contributed by atoms with E-state index in [0.717, 1.165) is 12.0 Å². The highest BCUT2D eigenvalue weighted by molar-refractivity contribution is 5.59. The van der Waals surface area contributed by atoms with E-state index in [1.807, 2.05) is 12.1 Å². The van der Waals surface area contributed by atoms with E-state index in [1.165, 1.54) is 16.7 Å². The molecule has 0 fully saturated rings. The molecule has 2 heteroatoms. The number of ether oxygens (including phenoxy) is 1. The molecule has 0 amide bonds. The lowest BCUT2D eigenvalue weighted by Gasteiger charge is -2.27. The lowest BCUT2D eigenvalue weighted by Crippen LogP contribution is -2.20. The highest BCUT2D eigenvalue weighted by Gasteiger charge is 2.43. The zero-order chi connectivity index (χ0) is 13.6. The molecule has 2 atom stereocenters. The molecule has 3 rings (SSSR count). The summed E-state index contributed by atoms with van der Waals surface area (Å²) in [7, 11) is 1.54. The third-order valence-electron chi connectivity index (χ3n) is 4.50. The van der Waals surface area contributed by atoms with Crippen LogP contribution in [0.25, 0.3) is 0 Å². The molecule has 0 spiro atoms. The van der Waals surface area contributed by atoms with Crippen molar-refractivity contribution < 1.29 is 9.84 Å². The summed E-state index contributed by atoms with van der Waals surface area (Å²) in [5, 5.41) is 10.1. The Bertz CT molecular complexity index is 567. The molecule has 2 aliphatic carbocycles. The van der Waals surface area contributed by atoms with Crippen LogP contribution in [0.15, 0.2) is 42.0 Å². The topological polar surface area (TPSA) is 29.5 Å². The number of benzene rings is 1. The summed E-state index contributed by atoms with van der Waals surface area (Å²) in [4.78, 5) is 0. The van der Waals surface area contributed by atoms with Crippen LogP contribution in [-0.4, -0.2) is 12.2 Å². The van der Waals surface area contributed by atoms with E-state index in [4.69, 9.17) is 4.74 Å². The summed E-state index contributed by atoms with van der Waals surface area (Å²) in [5.74, 6) is 0.457. The van der Waals surface area contributed by atoms with Gasteiger partial charge in [0, 0.05) is 24.0 Å². The molecule has 0 radical (unpaired) electrons. The first-order chi connectivity index (χ1) is 9.07. The monoisotopic (exact) mass is 256 g/mol. The summed E-state index contributed by atoms with van der Waals surface area (Å²) >= 11 is 0. The van der Waals surface area contributed by atoms with Gasteiger partial charge in [-0.3, -0.25) is 0 Å². The van der Waals surface area contributed by atoms with Crippen LogP contribution >= 0.6 is 0 Å². The number of aliphatic hydroxyl groups is 1. The molecule has 100 valence electrons. The minimum atomic E-state index is -0.845. The zero-order valence-electron chi connectivity index (χ0n) is 11.7. The van der Waals surface area contributed by atoms with Gasteiger partial charge in [0.05, 0.1) is 0 Å². The predicted octanol–water partition coefficient (Wildman–Crippen LogP) is 3.59. The van der Waals surface area contributed by atoms with Crippen LogP contribution in [-0.2, 0) is 10.2 Å². The van der Waals surface area contributed by atoms with Gasteiger partial charge in [0.2, 0.25) is 0 Å². The standard InChI is InChI=1S/C17H20O2/c1-17(2)14-10-5-4-7-11(14)12-8-6-9-13(15(12)17)16(18)19-3/h4-6,8-11,16,18H,7H2,1-3H3. The maximum Gasteiger partial charge on any atom is 0.181 e. The summed E-state index contributed by atoms with van der Waals surface area (Å²) in [6.45, 7) is 4.48. The van der Waals surface area contributed by atoms with Crippen molar-refractivity contribution in [2.75, 3.05) is 7.11 Å². The van der Waals surface area contributed by atoms with Gasteiger partial charge in [-0.25, -0.2) is 0 Å². The largest absolute Gasteiger partial charge is 0.364 e. The highest BCUT2D eigenvalue weighted by atomic mass is 16.6. The molecule has 0 saturated carbocycles. The molecule has 0 aromatic heterocycles. The summed E-state index contributed by atoms with van der Waals surface area (Å²) in [6, 6.07) is 6.18. The van der Waals surface area contributed by atoms with E-state index in [2.05, 4.69) is 38.1 Å². The number of allylic oxidation sites excluding steroid dienone is 4. The fourth-order valence-electron chi connectivity index (χ4n) is 3.65. The number of hydrogen-bond acceptors (Lipinski definition) is 2. The predicted molar refractivity (Wildman–Crippen MR) is 76.0 cm³/mol. The number of rotatable bonds is 2. The van der Waals surface area contributed by atoms with Gasteiger partial charge < -0.3 is 9.84 Å². The summed E-state index contributed by atoms with van der Waals surface area (Å²) in [6.07, 6.45) is 6.80. The van der Waals surface area contributed by atoms with E-state index in [1.54, 1.807) is 7.11 Å². The molecule has 1 aromatic rings. The average Bonchev–Trinajstić information content (AvgIpc) is 2.68. The van der Waals surface area contributed by atoms with Crippen molar-refractivity contribution in [1.29, 1.82) is 0 Å². The SMILES string of the molecule is COC(O)c1cccc2c1C(C)(C)C1=CC=CCC12. The first-order valence-corrected chi connectivity index (χ1v) is 6.78. The van der Waals surface area contributed by atoms with E-state index in [-0.39, 0.29) is 5.41 Å². The Hall–Kier alpha value is -1.38. The van der Waals surface area contributed by atoms with E-state index < -0.39 is 6.29 Å². The molecule has 1 aromatic carbocycles. The van der Waals surface area contributed by atoms with Gasteiger partial charge in [0.1, 0.15) is 0 Å². The quantitative estimate of drug-likeness (QED) is 0.819. The fourth-order valence-corrected chi connectivity index (χ4v) is 3.65. The van der Waals surface area contributed by atoms with Crippen LogP contribution < -0.4 is 0 Å². The summed E-state index contributed by atoms with van der Waals surface area (Å²) in [5.41, 5.74) is 4.89. The molecule has 0 heterocycles. The molecule has 0 bridgehead atoms. The lowest BCUT2D eigenvalue weighted by molar-refractivity contribution is -0.0778. The molecule has 2 unspecified atom stereocenters. The molecule has 2 nitrogen and oxygen atoms in total. The average molecular weight is 256 g/mol. The molecule has 1 N–H and O–H groups in total. The first-order valence-electron chi connectivity index (χ1n) is 6.78. The van der Waals surface area contributed by atoms with Crippen molar-refractivity contribution in [3.05, 3.63) is 58.7 Å². The van der Waals surface area contributed by atoms with Crippen molar-refractivity contribution in [1.82, 2.24) is 0 Å². The Kier molecular flexibility index (Phi) is 2.88. The molecule has 0 saturated heterocycles. The third kappa shape index (κ3) is 1.71. The van der Waals surface area contributed by atoms with Crippen molar-refractivity contribution in [3.8, 4) is 0 Å². The maximum atomic E-state index is 10.1. The van der Waals surface area contributed by atoms with Gasteiger partial charge in [0.15, 0.2) is 6.29 Å². The first kappa shape index (κ1) is 12.6. The Labute approximate surface area is 114 Å². The Morgan fingerprint density at radius 2 is 2.16 bits per heavy atom. The Morgan fingerprint density at radius 1 is 1.37 bits per heavy atom. The van der Waals surface area contributed by atoms with Crippen molar-refractivity contribution >= 4 is 0 Å². The number of methoxy groups -OCH3 is 1. The second-order valence-corrected chi connectivity index (χ2v) is 5.86.